The molecule has 0 fully saturated rings. The maximum atomic E-state index is 12.5. The molecule has 12 nitrogen and oxygen atoms in total. The van der Waals surface area contributed by atoms with Crippen molar-refractivity contribution in [2.45, 2.75) is 63.2 Å². The molecule has 2 aliphatic heterocycles. The van der Waals surface area contributed by atoms with Gasteiger partial charge < -0.3 is 14.9 Å². The van der Waals surface area contributed by atoms with E-state index in [1.165, 1.54) is 64.0 Å². The molecular weight excluding hydrogens is 798 g/mol. The van der Waals surface area contributed by atoms with Crippen molar-refractivity contribution >= 4 is 54.3 Å². The van der Waals surface area contributed by atoms with Crippen molar-refractivity contribution in [3.05, 3.63) is 91.0 Å². The molecule has 0 aliphatic carbocycles. The van der Waals surface area contributed by atoms with Gasteiger partial charge in [0.1, 0.15) is 27.5 Å². The van der Waals surface area contributed by atoms with Gasteiger partial charge in [-0.25, -0.2) is 29.9 Å². The standard InChI is InChI=1S/C32H18N8O3S.C12H27N.Cu/c41-44(42,43)23-15-7-14-22-24(23)32-39-30-21-13-6-5-12-20(21)28(37-30)35-26-17-9-2-1-8-16(17)25(33-26)34-27-18-10-3-4-11-19(18)29(36-27)38-31(22)40-32;1-4-5-6-7-8-9-10-11-12-13(2)3;/h1-15H,(H,41,42,43)(H2,33,34,35,36,37,38,39,40);4-12H2,1-3H3;. The van der Waals surface area contributed by atoms with Crippen molar-refractivity contribution in [1.29, 1.82) is 0 Å². The molecule has 3 N–H and O–H groups in total. The third kappa shape index (κ3) is 8.43. The Hall–Kier alpha value is -5.37. The van der Waals surface area contributed by atoms with Crippen LogP contribution in [0.5, 0.6) is 0 Å². The van der Waals surface area contributed by atoms with Crippen molar-refractivity contribution in [3.63, 3.8) is 0 Å². The summed E-state index contributed by atoms with van der Waals surface area (Å²) in [6, 6.07) is 27.6. The van der Waals surface area contributed by atoms with Crippen LogP contribution in [0.3, 0.4) is 0 Å². The van der Waals surface area contributed by atoms with Crippen LogP contribution in [-0.4, -0.2) is 78.4 Å². The minimum atomic E-state index is -4.62. The molecule has 0 spiro atoms. The summed E-state index contributed by atoms with van der Waals surface area (Å²) in [4.78, 5) is 37.7. The van der Waals surface area contributed by atoms with Gasteiger partial charge in [-0.3, -0.25) is 4.55 Å². The topological polar surface area (TPSA) is 167 Å². The van der Waals surface area contributed by atoms with Gasteiger partial charge in [-0.15, -0.1) is 0 Å². The van der Waals surface area contributed by atoms with Crippen LogP contribution in [0.4, 0.5) is 0 Å². The Morgan fingerprint density at radius 3 is 1.38 bits per heavy atom. The van der Waals surface area contributed by atoms with E-state index in [2.05, 4.69) is 35.9 Å². The third-order valence-corrected chi connectivity index (χ3v) is 11.2. The molecule has 8 bridgehead atoms. The number of rotatable bonds is 10. The van der Waals surface area contributed by atoms with E-state index in [9.17, 15) is 13.0 Å². The fraction of sp³-hybridized carbons (Fsp3) is 0.273. The number of unbranched alkanes of at least 4 members (excludes halogenated alkanes) is 7. The molecule has 14 heteroatoms. The summed E-state index contributed by atoms with van der Waals surface area (Å²) in [6.07, 6.45) is 11.4. The maximum Gasteiger partial charge on any atom is 0.295 e. The molecule has 5 heterocycles. The fourth-order valence-electron chi connectivity index (χ4n) is 7.44. The third-order valence-electron chi connectivity index (χ3n) is 10.3. The van der Waals surface area contributed by atoms with Crippen molar-refractivity contribution in [2.75, 3.05) is 20.6 Å². The number of hydrogen-bond donors (Lipinski definition) is 3. The Bertz CT molecular complexity index is 2890. The van der Waals surface area contributed by atoms with Crippen molar-refractivity contribution in [3.8, 4) is 45.6 Å². The van der Waals surface area contributed by atoms with Gasteiger partial charge in [-0.05, 0) is 33.1 Å². The molecule has 4 aromatic carbocycles. The van der Waals surface area contributed by atoms with Crippen LogP contribution >= 0.6 is 0 Å². The fourth-order valence-corrected chi connectivity index (χ4v) is 8.15. The van der Waals surface area contributed by atoms with Gasteiger partial charge in [0.05, 0.1) is 0 Å². The Labute approximate surface area is 347 Å². The SMILES string of the molecule is CCCCCCCCCCN(C)C.O=S(=O)(O)c1cccc2c3nc4nc(nc5[nH]c(nc6nc(nc([nH]3)c12)-c1ccccc1-6)c1ccccc51)-c1ccccc1-4.[Cu]. The number of benzene rings is 4. The summed E-state index contributed by atoms with van der Waals surface area (Å²) < 4.78 is 35.2. The number of fused-ring (bicyclic) bond motifs is 20. The Balaban J connectivity index is 0.000000318. The second kappa shape index (κ2) is 17.6. The number of aromatic nitrogens is 8. The first-order valence-electron chi connectivity index (χ1n) is 19.5. The molecule has 0 amide bonds. The molecular formula is C44H45CuN9O3S. The van der Waals surface area contributed by atoms with Gasteiger partial charge in [0.2, 0.25) is 0 Å². The van der Waals surface area contributed by atoms with E-state index in [-0.39, 0.29) is 33.0 Å². The number of nitrogens with one attached hydrogen (secondary N) is 2. The number of H-pyrrole nitrogens is 2. The quantitative estimate of drug-likeness (QED) is 0.0685. The molecule has 0 saturated carbocycles. The van der Waals surface area contributed by atoms with Gasteiger partial charge in [0, 0.05) is 60.9 Å². The van der Waals surface area contributed by atoms with Crippen LogP contribution in [-0.2, 0) is 27.2 Å². The molecule has 7 aromatic rings. The van der Waals surface area contributed by atoms with Gasteiger partial charge in [0.15, 0.2) is 23.3 Å². The number of nitrogens with zero attached hydrogens (tertiary/aromatic N) is 7. The van der Waals surface area contributed by atoms with Gasteiger partial charge in [-0.1, -0.05) is 137 Å². The minimum absolute atomic E-state index is 0. The molecule has 2 aliphatic rings. The van der Waals surface area contributed by atoms with Crippen molar-refractivity contribution in [2.24, 2.45) is 0 Å². The van der Waals surface area contributed by atoms with Gasteiger partial charge >= 0.3 is 0 Å². The normalized spacial score (nSPS) is 11.9. The first kappa shape index (κ1) is 40.8. The van der Waals surface area contributed by atoms with E-state index in [1.807, 2.05) is 72.8 Å². The van der Waals surface area contributed by atoms with E-state index >= 15 is 0 Å². The van der Waals surface area contributed by atoms with Crippen LogP contribution < -0.4 is 0 Å². The predicted molar refractivity (Wildman–Crippen MR) is 227 cm³/mol. The summed E-state index contributed by atoms with van der Waals surface area (Å²) in [5.74, 6) is 1.60. The maximum absolute atomic E-state index is 12.5. The Morgan fingerprint density at radius 1 is 0.517 bits per heavy atom. The van der Waals surface area contributed by atoms with Crippen molar-refractivity contribution < 1.29 is 30.0 Å². The molecule has 301 valence electrons. The van der Waals surface area contributed by atoms with E-state index in [4.69, 9.17) is 29.9 Å². The molecule has 0 atom stereocenters. The molecule has 0 unspecified atom stereocenters. The van der Waals surface area contributed by atoms with Crippen LogP contribution in [0, 0.1) is 0 Å². The molecule has 58 heavy (non-hydrogen) atoms. The monoisotopic (exact) mass is 842 g/mol. The second-order valence-electron chi connectivity index (χ2n) is 14.7. The van der Waals surface area contributed by atoms with E-state index in [1.54, 1.807) is 12.1 Å². The molecule has 1 radical (unpaired) electrons. The summed E-state index contributed by atoms with van der Waals surface area (Å²) in [5, 5.41) is 2.36. The summed E-state index contributed by atoms with van der Waals surface area (Å²) in [6.45, 7) is 3.53. The van der Waals surface area contributed by atoms with E-state index < -0.39 is 10.1 Å². The largest absolute Gasteiger partial charge is 0.324 e. The smallest absolute Gasteiger partial charge is 0.295 e. The first-order valence-corrected chi connectivity index (χ1v) is 21.0. The zero-order valence-corrected chi connectivity index (χ0v) is 34.4. The molecule has 3 aromatic heterocycles. The van der Waals surface area contributed by atoms with Crippen LogP contribution in [0.1, 0.15) is 58.3 Å². The average Bonchev–Trinajstić information content (AvgIpc) is 3.94. The van der Waals surface area contributed by atoms with E-state index in [0.717, 1.165) is 33.0 Å². The summed E-state index contributed by atoms with van der Waals surface area (Å²) >= 11 is 0. The zero-order chi connectivity index (χ0) is 39.5. The van der Waals surface area contributed by atoms with E-state index in [0.29, 0.717) is 45.6 Å². The minimum Gasteiger partial charge on any atom is -0.324 e. The zero-order valence-electron chi connectivity index (χ0n) is 32.6. The van der Waals surface area contributed by atoms with Gasteiger partial charge in [0.25, 0.3) is 10.1 Å². The van der Waals surface area contributed by atoms with Crippen LogP contribution in [0.25, 0.3) is 89.7 Å². The van der Waals surface area contributed by atoms with Gasteiger partial charge in [-0.2, -0.15) is 8.42 Å². The average molecular weight is 844 g/mol. The number of hydrogen-bond acceptors (Lipinski definition) is 9. The number of aromatic amines is 2. The second-order valence-corrected chi connectivity index (χ2v) is 16.1. The van der Waals surface area contributed by atoms with Crippen molar-refractivity contribution in [1.82, 2.24) is 44.8 Å². The molecule has 0 saturated heterocycles. The summed E-state index contributed by atoms with van der Waals surface area (Å²) in [5.41, 5.74) is 4.68. The van der Waals surface area contributed by atoms with Crippen LogP contribution in [0.15, 0.2) is 95.9 Å². The first-order chi connectivity index (χ1) is 27.7. The summed E-state index contributed by atoms with van der Waals surface area (Å²) in [7, 11) is -0.308. The Kier molecular flexibility index (Phi) is 12.4. The Morgan fingerprint density at radius 2 is 0.914 bits per heavy atom. The predicted octanol–water partition coefficient (Wildman–Crippen LogP) is 9.80. The molecule has 9 rings (SSSR count). The van der Waals surface area contributed by atoms with Crippen LogP contribution in [0.2, 0.25) is 0 Å².